The maximum atomic E-state index is 14.3. The van der Waals surface area contributed by atoms with Crippen molar-refractivity contribution in [2.24, 2.45) is 0 Å². The van der Waals surface area contributed by atoms with Gasteiger partial charge >= 0.3 is 12.0 Å². The van der Waals surface area contributed by atoms with Gasteiger partial charge in [0.2, 0.25) is 0 Å². The summed E-state index contributed by atoms with van der Waals surface area (Å²) in [6.45, 7) is 3.24. The Labute approximate surface area is 161 Å². The van der Waals surface area contributed by atoms with Crippen LogP contribution in [0.2, 0.25) is 0 Å². The van der Waals surface area contributed by atoms with Crippen LogP contribution in [0.15, 0.2) is 42.5 Å². The number of carbonyl (C=O) groups is 2. The molecular weight excluding hydrogens is 366 g/mol. The Morgan fingerprint density at radius 3 is 2.18 bits per heavy atom. The summed E-state index contributed by atoms with van der Waals surface area (Å²) in [6.07, 6.45) is 0.00158. The second kappa shape index (κ2) is 9.00. The average molecular weight is 386 g/mol. The second-order valence-corrected chi connectivity index (χ2v) is 6.49. The molecule has 0 aliphatic heterocycles. The van der Waals surface area contributed by atoms with Crippen molar-refractivity contribution in [2.45, 2.75) is 32.2 Å². The first-order valence-corrected chi connectivity index (χ1v) is 8.59. The van der Waals surface area contributed by atoms with E-state index in [1.54, 1.807) is 31.2 Å². The molecule has 0 bridgehead atoms. The molecule has 2 rings (SSSR count). The number of anilines is 1. The van der Waals surface area contributed by atoms with Crippen LogP contribution in [-0.4, -0.2) is 22.6 Å². The third-order valence-electron chi connectivity index (χ3n) is 4.14. The van der Waals surface area contributed by atoms with Gasteiger partial charge in [-0.15, -0.1) is 0 Å². The Kier molecular flexibility index (Phi) is 6.72. The van der Waals surface area contributed by atoms with E-state index in [2.05, 4.69) is 22.5 Å². The van der Waals surface area contributed by atoms with Crippen LogP contribution < -0.4 is 10.6 Å². The van der Waals surface area contributed by atoms with Crippen molar-refractivity contribution in [1.29, 1.82) is 0 Å². The standard InChI is InChI=1S/C21H20F2N2O3/c1-3-21(2,13-18(26)27)25-20(28)24-19-16(22)11-15(12-17(19)23)10-9-14-7-5-4-6-8-14/h4-8,11-12H,3,13H2,1-2H3,(H,26,27)(H2,24,25,28)/t21-/m0/s1. The highest BCUT2D eigenvalue weighted by Gasteiger charge is 2.28. The number of nitrogens with one attached hydrogen (secondary N) is 2. The van der Waals surface area contributed by atoms with Crippen molar-refractivity contribution in [2.75, 3.05) is 5.32 Å². The van der Waals surface area contributed by atoms with E-state index in [9.17, 15) is 18.4 Å². The molecule has 5 nitrogen and oxygen atoms in total. The largest absolute Gasteiger partial charge is 0.481 e. The number of carboxylic acids is 1. The summed E-state index contributed by atoms with van der Waals surface area (Å²) < 4.78 is 28.6. The van der Waals surface area contributed by atoms with Crippen LogP contribution in [0.25, 0.3) is 0 Å². The molecule has 3 N–H and O–H groups in total. The van der Waals surface area contributed by atoms with E-state index >= 15 is 0 Å². The van der Waals surface area contributed by atoms with Gasteiger partial charge in [0.15, 0.2) is 11.6 Å². The van der Waals surface area contributed by atoms with E-state index in [0.29, 0.717) is 12.0 Å². The molecule has 7 heteroatoms. The van der Waals surface area contributed by atoms with Gasteiger partial charge in [0.1, 0.15) is 5.69 Å². The van der Waals surface area contributed by atoms with Gasteiger partial charge in [0, 0.05) is 16.7 Å². The number of halogens is 2. The summed E-state index contributed by atoms with van der Waals surface area (Å²) in [6, 6.07) is 10.1. The normalized spacial score (nSPS) is 12.3. The highest BCUT2D eigenvalue weighted by Crippen LogP contribution is 2.21. The first-order chi connectivity index (χ1) is 13.2. The van der Waals surface area contributed by atoms with Crippen molar-refractivity contribution < 1.29 is 23.5 Å². The minimum Gasteiger partial charge on any atom is -0.481 e. The first kappa shape index (κ1) is 20.9. The zero-order valence-electron chi connectivity index (χ0n) is 15.5. The monoisotopic (exact) mass is 386 g/mol. The first-order valence-electron chi connectivity index (χ1n) is 8.59. The van der Waals surface area contributed by atoms with E-state index in [-0.39, 0.29) is 12.0 Å². The van der Waals surface area contributed by atoms with E-state index in [4.69, 9.17) is 5.11 Å². The molecule has 0 unspecified atom stereocenters. The number of hydrogen-bond acceptors (Lipinski definition) is 2. The average Bonchev–Trinajstić information content (AvgIpc) is 2.63. The van der Waals surface area contributed by atoms with Crippen molar-refractivity contribution in [3.8, 4) is 11.8 Å². The van der Waals surface area contributed by atoms with E-state index < -0.39 is 34.9 Å². The number of aliphatic carboxylic acids is 1. The number of carbonyl (C=O) groups excluding carboxylic acids is 1. The van der Waals surface area contributed by atoms with Crippen molar-refractivity contribution in [1.82, 2.24) is 5.32 Å². The lowest BCUT2D eigenvalue weighted by Gasteiger charge is -2.28. The van der Waals surface area contributed by atoms with E-state index in [1.807, 2.05) is 6.07 Å². The van der Waals surface area contributed by atoms with Crippen LogP contribution in [0.4, 0.5) is 19.3 Å². The zero-order valence-corrected chi connectivity index (χ0v) is 15.5. The molecule has 2 amide bonds. The minimum atomic E-state index is -1.09. The van der Waals surface area contributed by atoms with Crippen LogP contribution in [0.1, 0.15) is 37.8 Å². The molecule has 146 valence electrons. The van der Waals surface area contributed by atoms with Crippen molar-refractivity contribution in [3.05, 3.63) is 65.2 Å². The Balaban J connectivity index is 2.16. The molecule has 0 saturated carbocycles. The number of hydrogen-bond donors (Lipinski definition) is 3. The summed E-state index contributed by atoms with van der Waals surface area (Å²) in [5, 5.41) is 13.5. The number of urea groups is 1. The summed E-state index contributed by atoms with van der Waals surface area (Å²) in [4.78, 5) is 23.0. The fourth-order valence-electron chi connectivity index (χ4n) is 2.44. The lowest BCUT2D eigenvalue weighted by molar-refractivity contribution is -0.138. The fourth-order valence-corrected chi connectivity index (χ4v) is 2.44. The number of carboxylic acid groups (broad SMARTS) is 1. The number of rotatable bonds is 5. The van der Waals surface area contributed by atoms with Crippen LogP contribution >= 0.6 is 0 Å². The van der Waals surface area contributed by atoms with Crippen LogP contribution in [0.5, 0.6) is 0 Å². The third kappa shape index (κ3) is 5.81. The van der Waals surface area contributed by atoms with Gasteiger partial charge in [-0.2, -0.15) is 0 Å². The summed E-state index contributed by atoms with van der Waals surface area (Å²) in [7, 11) is 0. The Bertz CT molecular complexity index is 913. The third-order valence-corrected chi connectivity index (χ3v) is 4.14. The van der Waals surface area contributed by atoms with Crippen LogP contribution in [0.3, 0.4) is 0 Å². The molecule has 0 aromatic heterocycles. The predicted octanol–water partition coefficient (Wildman–Crippen LogP) is 4.13. The Morgan fingerprint density at radius 1 is 1.07 bits per heavy atom. The van der Waals surface area contributed by atoms with Gasteiger partial charge in [-0.1, -0.05) is 37.0 Å². The Morgan fingerprint density at radius 2 is 1.64 bits per heavy atom. The second-order valence-electron chi connectivity index (χ2n) is 6.49. The quantitative estimate of drug-likeness (QED) is 0.676. The predicted molar refractivity (Wildman–Crippen MR) is 102 cm³/mol. The summed E-state index contributed by atoms with van der Waals surface area (Å²) in [5.74, 6) is 2.40. The number of benzene rings is 2. The maximum Gasteiger partial charge on any atom is 0.319 e. The summed E-state index contributed by atoms with van der Waals surface area (Å²) in [5.41, 5.74) is -0.864. The van der Waals surface area contributed by atoms with Gasteiger partial charge in [0.25, 0.3) is 0 Å². The zero-order chi connectivity index (χ0) is 20.7. The molecule has 0 aliphatic carbocycles. The SMILES string of the molecule is CC[C@@](C)(CC(=O)O)NC(=O)Nc1c(F)cc(C#Cc2ccccc2)cc1F. The summed E-state index contributed by atoms with van der Waals surface area (Å²) >= 11 is 0. The lowest BCUT2D eigenvalue weighted by Crippen LogP contribution is -2.48. The number of amides is 2. The van der Waals surface area contributed by atoms with E-state index in [1.165, 1.54) is 6.92 Å². The van der Waals surface area contributed by atoms with Crippen molar-refractivity contribution in [3.63, 3.8) is 0 Å². The van der Waals surface area contributed by atoms with Gasteiger partial charge in [-0.3, -0.25) is 4.79 Å². The molecule has 0 saturated heterocycles. The molecule has 0 fully saturated rings. The van der Waals surface area contributed by atoms with Gasteiger partial charge in [-0.25, -0.2) is 13.6 Å². The molecule has 0 aliphatic rings. The fraction of sp³-hybridized carbons (Fsp3) is 0.238. The van der Waals surface area contributed by atoms with Gasteiger partial charge in [-0.05, 0) is 37.6 Å². The van der Waals surface area contributed by atoms with Crippen molar-refractivity contribution >= 4 is 17.7 Å². The molecule has 2 aromatic rings. The molecule has 28 heavy (non-hydrogen) atoms. The molecule has 0 heterocycles. The lowest BCUT2D eigenvalue weighted by atomic mass is 9.95. The highest BCUT2D eigenvalue weighted by molar-refractivity contribution is 5.90. The van der Waals surface area contributed by atoms with Crippen LogP contribution in [0, 0.1) is 23.5 Å². The molecule has 0 radical (unpaired) electrons. The minimum absolute atomic E-state index is 0.120. The molecule has 1 atom stereocenters. The van der Waals surface area contributed by atoms with Gasteiger partial charge in [0.05, 0.1) is 6.42 Å². The van der Waals surface area contributed by atoms with E-state index in [0.717, 1.165) is 12.1 Å². The topological polar surface area (TPSA) is 78.4 Å². The van der Waals surface area contributed by atoms with Crippen LogP contribution in [-0.2, 0) is 4.79 Å². The van der Waals surface area contributed by atoms with Gasteiger partial charge < -0.3 is 15.7 Å². The maximum absolute atomic E-state index is 14.3. The molecule has 0 spiro atoms. The molecule has 2 aromatic carbocycles. The smallest absolute Gasteiger partial charge is 0.319 e. The highest BCUT2D eigenvalue weighted by atomic mass is 19.1. The Hall–Kier alpha value is -3.40. The molecular formula is C21H20F2N2O3.